The lowest BCUT2D eigenvalue weighted by atomic mass is 10.1. The summed E-state index contributed by atoms with van der Waals surface area (Å²) in [6.07, 6.45) is 2.24. The van der Waals surface area contributed by atoms with Crippen molar-refractivity contribution in [2.75, 3.05) is 27.2 Å². The van der Waals surface area contributed by atoms with Crippen molar-refractivity contribution in [3.05, 3.63) is 0 Å². The van der Waals surface area contributed by atoms with Gasteiger partial charge in [0.1, 0.15) is 0 Å². The predicted octanol–water partition coefficient (Wildman–Crippen LogP) is -0.779. The molecule has 0 aliphatic carbocycles. The van der Waals surface area contributed by atoms with Crippen LogP contribution in [0.5, 0.6) is 0 Å². The van der Waals surface area contributed by atoms with Crippen LogP contribution in [0.4, 0.5) is 0 Å². The third-order valence-corrected chi connectivity index (χ3v) is 2.72. The molecule has 0 radical (unpaired) electrons. The standard InChI is InChI=1S/C9H20N6/c1-14-5-3-4-7(6-14)15(2)9(12)13-8(10)11/h7H,3-6H2,1-2H3,(H5,10,11,12,13). The van der Waals surface area contributed by atoms with Crippen LogP contribution in [0.15, 0.2) is 4.99 Å². The minimum Gasteiger partial charge on any atom is -0.370 e. The topological polar surface area (TPSA) is 94.7 Å². The van der Waals surface area contributed by atoms with Crippen LogP contribution in [0.1, 0.15) is 12.8 Å². The van der Waals surface area contributed by atoms with Gasteiger partial charge in [-0.1, -0.05) is 0 Å². The van der Waals surface area contributed by atoms with Crippen LogP contribution < -0.4 is 11.5 Å². The summed E-state index contributed by atoms with van der Waals surface area (Å²) >= 11 is 0. The van der Waals surface area contributed by atoms with Gasteiger partial charge in [0, 0.05) is 19.6 Å². The summed E-state index contributed by atoms with van der Waals surface area (Å²) in [6, 6.07) is 0.333. The maximum Gasteiger partial charge on any atom is 0.221 e. The van der Waals surface area contributed by atoms with E-state index in [1.54, 1.807) is 0 Å². The van der Waals surface area contributed by atoms with Gasteiger partial charge in [0.25, 0.3) is 0 Å². The van der Waals surface area contributed by atoms with Crippen molar-refractivity contribution in [3.8, 4) is 0 Å². The Balaban J connectivity index is 2.55. The largest absolute Gasteiger partial charge is 0.370 e. The smallest absolute Gasteiger partial charge is 0.221 e. The first-order chi connectivity index (χ1) is 7.00. The summed E-state index contributed by atoms with van der Waals surface area (Å²) in [5.41, 5.74) is 10.5. The van der Waals surface area contributed by atoms with E-state index < -0.39 is 0 Å². The molecule has 86 valence electrons. The highest BCUT2D eigenvalue weighted by Gasteiger charge is 2.22. The molecule has 6 heteroatoms. The molecule has 1 unspecified atom stereocenters. The first-order valence-corrected chi connectivity index (χ1v) is 5.10. The molecule has 1 atom stereocenters. The van der Waals surface area contributed by atoms with E-state index in [4.69, 9.17) is 16.9 Å². The summed E-state index contributed by atoms with van der Waals surface area (Å²) in [5, 5.41) is 7.69. The molecule has 0 saturated carbocycles. The number of aliphatic imine (C=N–C) groups is 1. The SMILES string of the molecule is CN1CCCC(N(C)C(=N)N=C(N)N)C1. The van der Waals surface area contributed by atoms with Crippen LogP contribution in [-0.4, -0.2) is 54.9 Å². The second-order valence-corrected chi connectivity index (χ2v) is 4.03. The van der Waals surface area contributed by atoms with Gasteiger partial charge in [0.15, 0.2) is 5.96 Å². The van der Waals surface area contributed by atoms with Crippen molar-refractivity contribution in [1.29, 1.82) is 5.41 Å². The van der Waals surface area contributed by atoms with Crippen molar-refractivity contribution >= 4 is 11.9 Å². The normalized spacial score (nSPS) is 22.1. The Morgan fingerprint density at radius 2 is 2.20 bits per heavy atom. The number of nitrogens with zero attached hydrogens (tertiary/aromatic N) is 3. The number of rotatable bonds is 1. The van der Waals surface area contributed by atoms with E-state index in [0.717, 1.165) is 25.9 Å². The number of hydrogen-bond acceptors (Lipinski definition) is 2. The number of hydrogen-bond donors (Lipinski definition) is 3. The highest BCUT2D eigenvalue weighted by molar-refractivity contribution is 5.91. The zero-order valence-electron chi connectivity index (χ0n) is 9.40. The predicted molar refractivity (Wildman–Crippen MR) is 61.8 cm³/mol. The summed E-state index contributed by atoms with van der Waals surface area (Å²) in [6.45, 7) is 2.08. The van der Waals surface area contributed by atoms with Gasteiger partial charge in [-0.05, 0) is 26.4 Å². The lowest BCUT2D eigenvalue weighted by Crippen LogP contribution is -2.47. The molecule has 0 bridgehead atoms. The van der Waals surface area contributed by atoms with Crippen molar-refractivity contribution in [3.63, 3.8) is 0 Å². The second kappa shape index (κ2) is 4.97. The summed E-state index contributed by atoms with van der Waals surface area (Å²) < 4.78 is 0. The Morgan fingerprint density at radius 3 is 2.73 bits per heavy atom. The van der Waals surface area contributed by atoms with Crippen molar-refractivity contribution in [1.82, 2.24) is 9.80 Å². The lowest BCUT2D eigenvalue weighted by Gasteiger charge is -2.35. The number of likely N-dealkylation sites (N-methyl/N-ethyl adjacent to an activating group) is 2. The molecule has 1 heterocycles. The van der Waals surface area contributed by atoms with Gasteiger partial charge in [0.2, 0.25) is 5.96 Å². The van der Waals surface area contributed by atoms with E-state index in [2.05, 4.69) is 16.9 Å². The van der Waals surface area contributed by atoms with E-state index in [1.807, 2.05) is 11.9 Å². The summed E-state index contributed by atoms with van der Waals surface area (Å²) in [5.74, 6) is 0.0753. The molecule has 5 N–H and O–H groups in total. The fourth-order valence-electron chi connectivity index (χ4n) is 1.83. The van der Waals surface area contributed by atoms with E-state index in [0.29, 0.717) is 6.04 Å². The van der Waals surface area contributed by atoms with Gasteiger partial charge in [0.05, 0.1) is 0 Å². The highest BCUT2D eigenvalue weighted by Crippen LogP contribution is 2.13. The van der Waals surface area contributed by atoms with E-state index in [1.165, 1.54) is 0 Å². The molecule has 0 aromatic rings. The fraction of sp³-hybridized carbons (Fsp3) is 0.778. The molecular weight excluding hydrogens is 192 g/mol. The third kappa shape index (κ3) is 3.39. The second-order valence-electron chi connectivity index (χ2n) is 4.03. The van der Waals surface area contributed by atoms with Gasteiger partial charge in [-0.15, -0.1) is 0 Å². The summed E-state index contributed by atoms with van der Waals surface area (Å²) in [4.78, 5) is 7.83. The number of guanidine groups is 2. The Morgan fingerprint density at radius 1 is 1.53 bits per heavy atom. The average molecular weight is 212 g/mol. The maximum atomic E-state index is 7.69. The van der Waals surface area contributed by atoms with E-state index in [-0.39, 0.29) is 11.9 Å². The molecule has 1 saturated heterocycles. The van der Waals surface area contributed by atoms with Gasteiger partial charge >= 0.3 is 0 Å². The molecule has 1 fully saturated rings. The van der Waals surface area contributed by atoms with Crippen LogP contribution >= 0.6 is 0 Å². The fourth-order valence-corrected chi connectivity index (χ4v) is 1.83. The van der Waals surface area contributed by atoms with Crippen LogP contribution in [-0.2, 0) is 0 Å². The van der Waals surface area contributed by atoms with Gasteiger partial charge in [-0.2, -0.15) is 4.99 Å². The van der Waals surface area contributed by atoms with Crippen molar-refractivity contribution in [2.45, 2.75) is 18.9 Å². The number of nitrogens with two attached hydrogens (primary N) is 2. The van der Waals surface area contributed by atoms with Gasteiger partial charge < -0.3 is 21.3 Å². The van der Waals surface area contributed by atoms with Crippen LogP contribution in [0.3, 0.4) is 0 Å². The molecule has 0 spiro atoms. The zero-order valence-corrected chi connectivity index (χ0v) is 9.40. The number of likely N-dealkylation sites (tertiary alicyclic amines) is 1. The average Bonchev–Trinajstić information content (AvgIpc) is 2.15. The Labute approximate surface area is 90.4 Å². The van der Waals surface area contributed by atoms with Crippen molar-refractivity contribution in [2.24, 2.45) is 16.5 Å². The molecule has 1 rings (SSSR count). The molecule has 6 nitrogen and oxygen atoms in total. The third-order valence-electron chi connectivity index (χ3n) is 2.72. The molecular formula is C9H20N6. The van der Waals surface area contributed by atoms with Gasteiger partial charge in [-0.25, -0.2) is 0 Å². The Hall–Kier alpha value is -1.30. The lowest BCUT2D eigenvalue weighted by molar-refractivity contribution is 0.180. The highest BCUT2D eigenvalue weighted by atomic mass is 15.3. The molecule has 1 aliphatic heterocycles. The number of piperidine rings is 1. The molecule has 1 aliphatic rings. The molecule has 0 aromatic carbocycles. The zero-order chi connectivity index (χ0) is 11.4. The molecule has 0 amide bonds. The van der Waals surface area contributed by atoms with Crippen LogP contribution in [0, 0.1) is 5.41 Å². The quantitative estimate of drug-likeness (QED) is 0.392. The Bertz CT molecular complexity index is 257. The van der Waals surface area contributed by atoms with Crippen molar-refractivity contribution < 1.29 is 0 Å². The minimum atomic E-state index is -0.0592. The monoisotopic (exact) mass is 212 g/mol. The Kier molecular flexibility index (Phi) is 3.90. The van der Waals surface area contributed by atoms with Crippen LogP contribution in [0.2, 0.25) is 0 Å². The first kappa shape index (κ1) is 11.8. The molecule has 15 heavy (non-hydrogen) atoms. The molecule has 0 aromatic heterocycles. The first-order valence-electron chi connectivity index (χ1n) is 5.10. The van der Waals surface area contributed by atoms with E-state index >= 15 is 0 Å². The van der Waals surface area contributed by atoms with Gasteiger partial charge in [-0.3, -0.25) is 5.41 Å². The summed E-state index contributed by atoms with van der Waals surface area (Å²) in [7, 11) is 3.95. The van der Waals surface area contributed by atoms with Crippen LogP contribution in [0.25, 0.3) is 0 Å². The van der Waals surface area contributed by atoms with E-state index in [9.17, 15) is 0 Å². The maximum absolute atomic E-state index is 7.69. The number of nitrogens with one attached hydrogen (secondary N) is 1. The minimum absolute atomic E-state index is 0.0592.